The van der Waals surface area contributed by atoms with E-state index in [-0.39, 0.29) is 12.1 Å². The molecule has 0 saturated carbocycles. The molecule has 2 aliphatic heterocycles. The summed E-state index contributed by atoms with van der Waals surface area (Å²) in [5.74, 6) is 1.03. The Labute approximate surface area is 171 Å². The summed E-state index contributed by atoms with van der Waals surface area (Å²) in [6.07, 6.45) is 2.69. The minimum atomic E-state index is -0.739. The van der Waals surface area contributed by atoms with Gasteiger partial charge in [-0.15, -0.1) is 0 Å². The van der Waals surface area contributed by atoms with Gasteiger partial charge < -0.3 is 9.80 Å². The number of rotatable bonds is 4. The monoisotopic (exact) mass is 412 g/mol. The van der Waals surface area contributed by atoms with Gasteiger partial charge in [-0.3, -0.25) is 25.0 Å². The van der Waals surface area contributed by atoms with Crippen LogP contribution in [0.2, 0.25) is 0 Å². The van der Waals surface area contributed by atoms with Gasteiger partial charge in [0.2, 0.25) is 0 Å². The highest BCUT2D eigenvalue weighted by Gasteiger charge is 2.30. The molecule has 4 rings (SSSR count). The van der Waals surface area contributed by atoms with E-state index in [4.69, 9.17) is 0 Å². The number of nitro benzene ring substituents is 2. The second-order valence-electron chi connectivity index (χ2n) is 7.44. The third-order valence-corrected chi connectivity index (χ3v) is 5.41. The quantitative estimate of drug-likeness (QED) is 0.552. The highest BCUT2D eigenvalue weighted by Crippen LogP contribution is 2.30. The number of aromatic nitrogens is 2. The molecule has 0 radical (unpaired) electrons. The lowest BCUT2D eigenvalue weighted by atomic mass is 10.0. The number of carbonyl (C=O) groups excluding carboxylic acids is 1. The standard InChI is InChI=1S/C19H20N6O5/c1-12-20-17-4-7-23(11-16(17)18(21-12)22-5-2-3-6-22)19(26)13-8-14(24(27)28)10-15(9-13)25(29)30/h8-10H,2-7,11H2,1H3. The number of hydrogen-bond donors (Lipinski definition) is 0. The lowest BCUT2D eigenvalue weighted by Gasteiger charge is -2.31. The number of nitro groups is 2. The third kappa shape index (κ3) is 3.65. The van der Waals surface area contributed by atoms with Gasteiger partial charge in [0, 0.05) is 43.8 Å². The van der Waals surface area contributed by atoms with Crippen molar-refractivity contribution in [3.63, 3.8) is 0 Å². The molecule has 11 nitrogen and oxygen atoms in total. The van der Waals surface area contributed by atoms with E-state index in [1.165, 1.54) is 0 Å². The summed E-state index contributed by atoms with van der Waals surface area (Å²) in [5.41, 5.74) is 0.735. The Morgan fingerprint density at radius 2 is 1.63 bits per heavy atom. The predicted molar refractivity (Wildman–Crippen MR) is 106 cm³/mol. The maximum Gasteiger partial charge on any atom is 0.277 e. The number of aryl methyl sites for hydroxylation is 1. The summed E-state index contributed by atoms with van der Waals surface area (Å²) in [6.45, 7) is 4.27. The maximum absolute atomic E-state index is 13.1. The van der Waals surface area contributed by atoms with Gasteiger partial charge in [-0.05, 0) is 19.8 Å². The van der Waals surface area contributed by atoms with Crippen molar-refractivity contribution in [3.05, 3.63) is 61.1 Å². The summed E-state index contributed by atoms with van der Waals surface area (Å²) in [4.78, 5) is 46.8. The zero-order valence-electron chi connectivity index (χ0n) is 16.4. The first-order valence-electron chi connectivity index (χ1n) is 9.68. The Kier molecular flexibility index (Phi) is 5.02. The second kappa shape index (κ2) is 7.65. The smallest absolute Gasteiger partial charge is 0.277 e. The van der Waals surface area contributed by atoms with Crippen molar-refractivity contribution in [2.45, 2.75) is 32.7 Å². The average molecular weight is 412 g/mol. The van der Waals surface area contributed by atoms with E-state index < -0.39 is 27.1 Å². The van der Waals surface area contributed by atoms with E-state index in [0.29, 0.717) is 18.8 Å². The van der Waals surface area contributed by atoms with Crippen molar-refractivity contribution >= 4 is 23.1 Å². The van der Waals surface area contributed by atoms with Gasteiger partial charge in [0.15, 0.2) is 0 Å². The number of fused-ring (bicyclic) bond motifs is 1. The number of carbonyl (C=O) groups is 1. The highest BCUT2D eigenvalue weighted by molar-refractivity contribution is 5.95. The van der Waals surface area contributed by atoms with E-state index in [0.717, 1.165) is 61.2 Å². The van der Waals surface area contributed by atoms with Gasteiger partial charge >= 0.3 is 0 Å². The third-order valence-electron chi connectivity index (χ3n) is 5.41. The van der Waals surface area contributed by atoms with Gasteiger partial charge in [0.05, 0.1) is 33.7 Å². The first-order chi connectivity index (χ1) is 14.3. The van der Waals surface area contributed by atoms with Crippen molar-refractivity contribution in [1.29, 1.82) is 0 Å². The van der Waals surface area contributed by atoms with Crippen LogP contribution in [-0.4, -0.2) is 50.3 Å². The molecule has 0 spiro atoms. The molecular formula is C19H20N6O5. The van der Waals surface area contributed by atoms with Crippen molar-refractivity contribution in [2.24, 2.45) is 0 Å². The predicted octanol–water partition coefficient (Wildman–Crippen LogP) is 2.40. The van der Waals surface area contributed by atoms with Gasteiger partial charge in [0.25, 0.3) is 17.3 Å². The molecule has 2 aliphatic rings. The Balaban J connectivity index is 1.67. The Bertz CT molecular complexity index is 1020. The van der Waals surface area contributed by atoms with Crippen molar-refractivity contribution in [1.82, 2.24) is 14.9 Å². The molecular weight excluding hydrogens is 392 g/mol. The molecule has 1 saturated heterocycles. The minimum absolute atomic E-state index is 0.0740. The molecule has 1 amide bonds. The van der Waals surface area contributed by atoms with Crippen molar-refractivity contribution in [3.8, 4) is 0 Å². The number of nitrogens with zero attached hydrogens (tertiary/aromatic N) is 6. The molecule has 0 unspecified atom stereocenters. The Hall–Kier alpha value is -3.63. The van der Waals surface area contributed by atoms with E-state index in [1.54, 1.807) is 4.90 Å². The fourth-order valence-corrected chi connectivity index (χ4v) is 3.99. The molecule has 0 aliphatic carbocycles. The highest BCUT2D eigenvalue weighted by atomic mass is 16.6. The van der Waals surface area contributed by atoms with Gasteiger partial charge in [-0.1, -0.05) is 0 Å². The Morgan fingerprint density at radius 3 is 2.23 bits per heavy atom. The van der Waals surface area contributed by atoms with E-state index in [9.17, 15) is 25.0 Å². The summed E-state index contributed by atoms with van der Waals surface area (Å²) in [5, 5.41) is 22.3. The topological polar surface area (TPSA) is 136 Å². The van der Waals surface area contributed by atoms with Gasteiger partial charge in [-0.2, -0.15) is 0 Å². The average Bonchev–Trinajstić information content (AvgIpc) is 3.26. The van der Waals surface area contributed by atoms with Crippen LogP contribution in [0.4, 0.5) is 17.2 Å². The molecule has 1 fully saturated rings. The second-order valence-corrected chi connectivity index (χ2v) is 7.44. The van der Waals surface area contributed by atoms with Crippen LogP contribution in [0, 0.1) is 27.2 Å². The maximum atomic E-state index is 13.1. The van der Waals surface area contributed by atoms with Crippen LogP contribution in [0.1, 0.15) is 40.3 Å². The minimum Gasteiger partial charge on any atom is -0.356 e. The van der Waals surface area contributed by atoms with Crippen LogP contribution in [0.25, 0.3) is 0 Å². The van der Waals surface area contributed by atoms with Crippen LogP contribution in [0.3, 0.4) is 0 Å². The fourth-order valence-electron chi connectivity index (χ4n) is 3.99. The van der Waals surface area contributed by atoms with Crippen LogP contribution in [0.5, 0.6) is 0 Å². The van der Waals surface area contributed by atoms with Crippen molar-refractivity contribution < 1.29 is 14.6 Å². The largest absolute Gasteiger partial charge is 0.356 e. The normalized spacial score (nSPS) is 15.8. The van der Waals surface area contributed by atoms with Gasteiger partial charge in [-0.25, -0.2) is 9.97 Å². The number of anilines is 1. The summed E-state index contributed by atoms with van der Waals surface area (Å²) in [6, 6.07) is 3.01. The lowest BCUT2D eigenvalue weighted by Crippen LogP contribution is -2.38. The molecule has 1 aromatic heterocycles. The molecule has 0 N–H and O–H groups in total. The van der Waals surface area contributed by atoms with E-state index >= 15 is 0 Å². The molecule has 156 valence electrons. The van der Waals surface area contributed by atoms with Crippen molar-refractivity contribution in [2.75, 3.05) is 24.5 Å². The van der Waals surface area contributed by atoms with Crippen LogP contribution in [0.15, 0.2) is 18.2 Å². The molecule has 0 atom stereocenters. The lowest BCUT2D eigenvalue weighted by molar-refractivity contribution is -0.394. The van der Waals surface area contributed by atoms with E-state index in [2.05, 4.69) is 14.9 Å². The number of benzene rings is 1. The summed E-state index contributed by atoms with van der Waals surface area (Å²) in [7, 11) is 0. The first kappa shape index (κ1) is 19.7. The SMILES string of the molecule is Cc1nc2c(c(N3CCCC3)n1)CN(C(=O)c1cc([N+](=O)[O-])cc([N+](=O)[O-])c1)CC2. The van der Waals surface area contributed by atoms with Crippen LogP contribution < -0.4 is 4.90 Å². The zero-order valence-corrected chi connectivity index (χ0v) is 16.4. The molecule has 30 heavy (non-hydrogen) atoms. The van der Waals surface area contributed by atoms with Crippen LogP contribution >= 0.6 is 0 Å². The molecule has 2 aromatic rings. The number of non-ortho nitro benzene ring substituents is 2. The van der Waals surface area contributed by atoms with Crippen LogP contribution in [-0.2, 0) is 13.0 Å². The first-order valence-corrected chi connectivity index (χ1v) is 9.68. The molecule has 11 heteroatoms. The molecule has 0 bridgehead atoms. The zero-order chi connectivity index (χ0) is 21.4. The van der Waals surface area contributed by atoms with Gasteiger partial charge in [0.1, 0.15) is 11.6 Å². The number of amides is 1. The Morgan fingerprint density at radius 1 is 1.00 bits per heavy atom. The summed E-state index contributed by atoms with van der Waals surface area (Å²) >= 11 is 0. The van der Waals surface area contributed by atoms with E-state index in [1.807, 2.05) is 6.92 Å². The number of hydrogen-bond acceptors (Lipinski definition) is 8. The fraction of sp³-hybridized carbons (Fsp3) is 0.421. The summed E-state index contributed by atoms with van der Waals surface area (Å²) < 4.78 is 0. The molecule has 1 aromatic carbocycles. The molecule has 3 heterocycles.